The number of aromatic nitrogens is 5. The molecule has 2 N–H and O–H groups in total. The van der Waals surface area contributed by atoms with E-state index in [1.54, 1.807) is 25.6 Å². The number of anilines is 1. The summed E-state index contributed by atoms with van der Waals surface area (Å²) < 4.78 is 5.07. The highest BCUT2D eigenvalue weighted by Gasteiger charge is 2.11. The maximum Gasteiger partial charge on any atom is 0.225 e. The molecular weight excluding hydrogens is 256 g/mol. The molecule has 0 aliphatic carbocycles. The van der Waals surface area contributed by atoms with Crippen molar-refractivity contribution in [3.8, 4) is 17.1 Å². The second-order valence-electron chi connectivity index (χ2n) is 4.15. The molecule has 0 aromatic carbocycles. The van der Waals surface area contributed by atoms with E-state index in [-0.39, 0.29) is 0 Å². The van der Waals surface area contributed by atoms with Gasteiger partial charge in [0.15, 0.2) is 5.65 Å². The van der Waals surface area contributed by atoms with Crippen LogP contribution in [0.5, 0.6) is 5.88 Å². The molecule has 0 saturated heterocycles. The highest BCUT2D eigenvalue weighted by atomic mass is 16.5. The lowest BCUT2D eigenvalue weighted by atomic mass is 10.1. The summed E-state index contributed by atoms with van der Waals surface area (Å²) in [6, 6.07) is 3.71. The molecule has 0 atom stereocenters. The molecule has 0 spiro atoms. The smallest absolute Gasteiger partial charge is 0.225 e. The fraction of sp³-hybridized carbons (Fsp3) is 0.231. The minimum Gasteiger partial charge on any atom is -0.481 e. The van der Waals surface area contributed by atoms with E-state index in [0.29, 0.717) is 17.5 Å². The first-order chi connectivity index (χ1) is 9.81. The molecule has 7 heteroatoms. The van der Waals surface area contributed by atoms with Gasteiger partial charge in [0.25, 0.3) is 0 Å². The highest BCUT2D eigenvalue weighted by molar-refractivity contribution is 5.90. The second-order valence-corrected chi connectivity index (χ2v) is 4.15. The summed E-state index contributed by atoms with van der Waals surface area (Å²) in [5.74, 6) is 1.13. The number of hydrogen-bond donors (Lipinski definition) is 2. The van der Waals surface area contributed by atoms with Crippen molar-refractivity contribution in [2.24, 2.45) is 0 Å². The first-order valence-corrected chi connectivity index (χ1v) is 6.27. The number of rotatable bonds is 4. The average Bonchev–Trinajstić information content (AvgIpc) is 2.95. The lowest BCUT2D eigenvalue weighted by molar-refractivity contribution is 0.398. The van der Waals surface area contributed by atoms with Gasteiger partial charge in [0.05, 0.1) is 24.4 Å². The van der Waals surface area contributed by atoms with Gasteiger partial charge in [-0.3, -0.25) is 5.10 Å². The lowest BCUT2D eigenvalue weighted by Gasteiger charge is -2.06. The van der Waals surface area contributed by atoms with Crippen molar-refractivity contribution in [3.05, 3.63) is 24.5 Å². The van der Waals surface area contributed by atoms with Crippen LogP contribution in [0, 0.1) is 0 Å². The Morgan fingerprint density at radius 1 is 1.25 bits per heavy atom. The second kappa shape index (κ2) is 5.12. The number of aromatic amines is 1. The van der Waals surface area contributed by atoms with Crippen molar-refractivity contribution in [2.75, 3.05) is 19.0 Å². The van der Waals surface area contributed by atoms with Crippen molar-refractivity contribution in [1.82, 2.24) is 25.1 Å². The maximum absolute atomic E-state index is 5.07. The van der Waals surface area contributed by atoms with Gasteiger partial charge in [-0.1, -0.05) is 0 Å². The molecule has 7 nitrogen and oxygen atoms in total. The van der Waals surface area contributed by atoms with E-state index < -0.39 is 0 Å². The van der Waals surface area contributed by atoms with Crippen LogP contribution in [-0.4, -0.2) is 38.8 Å². The standard InChI is InChI=1S/C13H14N6O/c1-3-14-13-17-11(9-7-16-19-12(9)18-13)8-4-5-10(20-2)15-6-8/h4-7H,3H2,1-2H3,(H2,14,16,17,18,19). The summed E-state index contributed by atoms with van der Waals surface area (Å²) in [5, 5.41) is 10.9. The topological polar surface area (TPSA) is 88.6 Å². The van der Waals surface area contributed by atoms with Gasteiger partial charge in [-0.05, 0) is 13.0 Å². The summed E-state index contributed by atoms with van der Waals surface area (Å²) in [7, 11) is 1.59. The van der Waals surface area contributed by atoms with Crippen LogP contribution in [0.15, 0.2) is 24.5 Å². The third-order valence-electron chi connectivity index (χ3n) is 2.86. The Labute approximate surface area is 115 Å². The number of nitrogens with one attached hydrogen (secondary N) is 2. The number of fused-ring (bicyclic) bond motifs is 1. The summed E-state index contributed by atoms with van der Waals surface area (Å²) >= 11 is 0. The molecule has 0 fully saturated rings. The summed E-state index contributed by atoms with van der Waals surface area (Å²) in [6.07, 6.45) is 3.44. The van der Waals surface area contributed by atoms with Crippen LogP contribution >= 0.6 is 0 Å². The number of ether oxygens (including phenoxy) is 1. The van der Waals surface area contributed by atoms with Gasteiger partial charge in [0.2, 0.25) is 11.8 Å². The summed E-state index contributed by atoms with van der Waals surface area (Å²) in [5.41, 5.74) is 2.37. The number of methoxy groups -OCH3 is 1. The Balaban J connectivity index is 2.14. The fourth-order valence-corrected chi connectivity index (χ4v) is 1.93. The molecule has 0 aliphatic rings. The molecule has 0 aliphatic heterocycles. The Kier molecular flexibility index (Phi) is 3.16. The third kappa shape index (κ3) is 2.13. The average molecular weight is 270 g/mol. The molecule has 0 saturated carbocycles. The molecule has 3 heterocycles. The van der Waals surface area contributed by atoms with Gasteiger partial charge < -0.3 is 10.1 Å². The van der Waals surface area contributed by atoms with Gasteiger partial charge in [0, 0.05) is 24.4 Å². The van der Waals surface area contributed by atoms with Gasteiger partial charge >= 0.3 is 0 Å². The minimum absolute atomic E-state index is 0.565. The molecule has 0 bridgehead atoms. The van der Waals surface area contributed by atoms with Crippen molar-refractivity contribution in [2.45, 2.75) is 6.92 Å². The molecule has 3 rings (SSSR count). The Bertz CT molecular complexity index is 721. The van der Waals surface area contributed by atoms with Crippen molar-refractivity contribution in [3.63, 3.8) is 0 Å². The summed E-state index contributed by atoms with van der Waals surface area (Å²) in [4.78, 5) is 13.1. The van der Waals surface area contributed by atoms with Crippen LogP contribution in [0.4, 0.5) is 5.95 Å². The number of H-pyrrole nitrogens is 1. The van der Waals surface area contributed by atoms with Crippen LogP contribution in [0.3, 0.4) is 0 Å². The molecule has 102 valence electrons. The van der Waals surface area contributed by atoms with Crippen LogP contribution in [0.25, 0.3) is 22.3 Å². The fourth-order valence-electron chi connectivity index (χ4n) is 1.93. The predicted molar refractivity (Wildman–Crippen MR) is 75.6 cm³/mol. The van der Waals surface area contributed by atoms with Crippen LogP contribution in [-0.2, 0) is 0 Å². The lowest BCUT2D eigenvalue weighted by Crippen LogP contribution is -2.03. The SMILES string of the molecule is CCNc1nc(-c2ccc(OC)nc2)c2cn[nH]c2n1. The van der Waals surface area contributed by atoms with Crippen molar-refractivity contribution < 1.29 is 4.74 Å². The van der Waals surface area contributed by atoms with E-state index >= 15 is 0 Å². The molecule has 0 radical (unpaired) electrons. The zero-order valence-corrected chi connectivity index (χ0v) is 11.2. The molecule has 3 aromatic rings. The Morgan fingerprint density at radius 2 is 2.15 bits per heavy atom. The largest absolute Gasteiger partial charge is 0.481 e. The normalized spacial score (nSPS) is 10.7. The molecule has 0 amide bonds. The number of hydrogen-bond acceptors (Lipinski definition) is 6. The minimum atomic E-state index is 0.565. The van der Waals surface area contributed by atoms with E-state index in [0.717, 1.165) is 23.2 Å². The molecule has 3 aromatic heterocycles. The van der Waals surface area contributed by atoms with Crippen LogP contribution < -0.4 is 10.1 Å². The number of nitrogens with zero attached hydrogens (tertiary/aromatic N) is 4. The van der Waals surface area contributed by atoms with E-state index in [2.05, 4.69) is 30.5 Å². The molecule has 20 heavy (non-hydrogen) atoms. The van der Waals surface area contributed by atoms with E-state index in [9.17, 15) is 0 Å². The van der Waals surface area contributed by atoms with Gasteiger partial charge in [0.1, 0.15) is 0 Å². The van der Waals surface area contributed by atoms with E-state index in [4.69, 9.17) is 4.74 Å². The summed E-state index contributed by atoms with van der Waals surface area (Å²) in [6.45, 7) is 2.75. The monoisotopic (exact) mass is 270 g/mol. The van der Waals surface area contributed by atoms with E-state index in [1.165, 1.54) is 0 Å². The quantitative estimate of drug-likeness (QED) is 0.752. The molecule has 0 unspecified atom stereocenters. The van der Waals surface area contributed by atoms with Crippen molar-refractivity contribution in [1.29, 1.82) is 0 Å². The Hall–Kier alpha value is -2.70. The number of pyridine rings is 1. The van der Waals surface area contributed by atoms with Crippen LogP contribution in [0.1, 0.15) is 6.92 Å². The van der Waals surface area contributed by atoms with Crippen molar-refractivity contribution >= 4 is 17.0 Å². The predicted octanol–water partition coefficient (Wildman–Crippen LogP) is 1.86. The highest BCUT2D eigenvalue weighted by Crippen LogP contribution is 2.26. The van der Waals surface area contributed by atoms with E-state index in [1.807, 2.05) is 13.0 Å². The van der Waals surface area contributed by atoms with Gasteiger partial charge in [-0.15, -0.1) is 0 Å². The Morgan fingerprint density at radius 3 is 2.85 bits per heavy atom. The zero-order valence-electron chi connectivity index (χ0n) is 11.2. The first kappa shape index (κ1) is 12.3. The third-order valence-corrected chi connectivity index (χ3v) is 2.86. The van der Waals surface area contributed by atoms with Gasteiger partial charge in [-0.2, -0.15) is 10.1 Å². The van der Waals surface area contributed by atoms with Gasteiger partial charge in [-0.25, -0.2) is 9.97 Å². The molecular formula is C13H14N6O. The zero-order chi connectivity index (χ0) is 13.9. The van der Waals surface area contributed by atoms with Crippen LogP contribution in [0.2, 0.25) is 0 Å². The first-order valence-electron chi connectivity index (χ1n) is 6.27. The maximum atomic E-state index is 5.07.